The van der Waals surface area contributed by atoms with E-state index < -0.39 is 0 Å². The minimum atomic E-state index is 0.234. The van der Waals surface area contributed by atoms with Crippen molar-refractivity contribution in [3.63, 3.8) is 0 Å². The van der Waals surface area contributed by atoms with E-state index in [9.17, 15) is 0 Å². The van der Waals surface area contributed by atoms with Gasteiger partial charge in [-0.3, -0.25) is 9.30 Å². The lowest BCUT2D eigenvalue weighted by molar-refractivity contribution is 0.145. The van der Waals surface area contributed by atoms with Crippen molar-refractivity contribution >= 4 is 22.1 Å². The third-order valence-corrected chi connectivity index (χ3v) is 3.72. The molecule has 0 spiro atoms. The number of thiazole rings is 1. The summed E-state index contributed by atoms with van der Waals surface area (Å²) >= 11 is 1.61. The summed E-state index contributed by atoms with van der Waals surface area (Å²) in [4.78, 5) is 7.72. The van der Waals surface area contributed by atoms with E-state index in [0.717, 1.165) is 23.7 Å². The maximum Gasteiger partial charge on any atom is 0.193 e. The minimum absolute atomic E-state index is 0.234. The van der Waals surface area contributed by atoms with Gasteiger partial charge in [-0.25, -0.2) is 4.98 Å². The molecule has 0 radical (unpaired) electrons. The third-order valence-electron chi connectivity index (χ3n) is 2.95. The van der Waals surface area contributed by atoms with Gasteiger partial charge in [0, 0.05) is 50.9 Å². The summed E-state index contributed by atoms with van der Waals surface area (Å²) in [6, 6.07) is 0. The molecule has 8 heteroatoms. The van der Waals surface area contributed by atoms with Crippen LogP contribution in [0.25, 0.3) is 4.96 Å². The molecule has 110 valence electrons. The SMILES string of the molecule is COCCN(CC/C(N)=N/O)Cc1cn2ccsc2n1. The highest BCUT2D eigenvalue weighted by molar-refractivity contribution is 7.15. The molecule has 0 aliphatic rings. The fourth-order valence-electron chi connectivity index (χ4n) is 1.89. The van der Waals surface area contributed by atoms with Gasteiger partial charge in [-0.05, 0) is 0 Å². The number of methoxy groups -OCH3 is 1. The molecule has 2 aromatic heterocycles. The van der Waals surface area contributed by atoms with Gasteiger partial charge in [-0.15, -0.1) is 11.3 Å². The Morgan fingerprint density at radius 1 is 1.60 bits per heavy atom. The summed E-state index contributed by atoms with van der Waals surface area (Å²) in [5, 5.41) is 13.6. The molecule has 0 atom stereocenters. The summed E-state index contributed by atoms with van der Waals surface area (Å²) in [5.41, 5.74) is 6.52. The van der Waals surface area contributed by atoms with Crippen molar-refractivity contribution in [3.8, 4) is 0 Å². The molecule has 2 rings (SSSR count). The van der Waals surface area contributed by atoms with Gasteiger partial charge in [-0.2, -0.15) is 0 Å². The van der Waals surface area contributed by atoms with Crippen LogP contribution in [0.4, 0.5) is 0 Å². The lowest BCUT2D eigenvalue weighted by Gasteiger charge is -2.20. The van der Waals surface area contributed by atoms with Crippen molar-refractivity contribution in [2.24, 2.45) is 10.9 Å². The topological polar surface area (TPSA) is 88.4 Å². The average molecular weight is 297 g/mol. The number of oxime groups is 1. The molecule has 0 aromatic carbocycles. The van der Waals surface area contributed by atoms with Gasteiger partial charge in [0.25, 0.3) is 0 Å². The highest BCUT2D eigenvalue weighted by atomic mass is 32.1. The van der Waals surface area contributed by atoms with E-state index in [-0.39, 0.29) is 5.84 Å². The van der Waals surface area contributed by atoms with Gasteiger partial charge in [0.15, 0.2) is 4.96 Å². The standard InChI is InChI=1S/C12H19N5O2S/c1-19-6-4-16(3-2-11(13)15-18)8-10-9-17-5-7-20-12(17)14-10/h5,7,9,18H,2-4,6,8H2,1H3,(H2,13,15). The number of imidazole rings is 1. The number of ether oxygens (including phenoxy) is 1. The zero-order valence-electron chi connectivity index (χ0n) is 11.4. The Balaban J connectivity index is 1.96. The number of amidine groups is 1. The first kappa shape index (κ1) is 14.8. The molecule has 0 unspecified atom stereocenters. The van der Waals surface area contributed by atoms with E-state index in [0.29, 0.717) is 19.6 Å². The Morgan fingerprint density at radius 2 is 2.45 bits per heavy atom. The van der Waals surface area contributed by atoms with Crippen molar-refractivity contribution in [2.45, 2.75) is 13.0 Å². The number of nitrogens with zero attached hydrogens (tertiary/aromatic N) is 4. The van der Waals surface area contributed by atoms with Gasteiger partial charge < -0.3 is 15.7 Å². The van der Waals surface area contributed by atoms with Crippen molar-refractivity contribution < 1.29 is 9.94 Å². The number of nitrogens with two attached hydrogens (primary N) is 1. The van der Waals surface area contributed by atoms with Crippen LogP contribution in [-0.2, 0) is 11.3 Å². The number of rotatable bonds is 8. The van der Waals surface area contributed by atoms with Crippen LogP contribution in [0.2, 0.25) is 0 Å². The van der Waals surface area contributed by atoms with Crippen LogP contribution >= 0.6 is 11.3 Å². The number of hydrogen-bond acceptors (Lipinski definition) is 6. The molecule has 2 aromatic rings. The lowest BCUT2D eigenvalue weighted by atomic mass is 10.3. The molecule has 0 amide bonds. The van der Waals surface area contributed by atoms with E-state index in [4.69, 9.17) is 15.7 Å². The van der Waals surface area contributed by atoms with Crippen LogP contribution in [0.5, 0.6) is 0 Å². The normalized spacial score (nSPS) is 12.6. The van der Waals surface area contributed by atoms with Crippen LogP contribution in [-0.4, -0.2) is 52.1 Å². The average Bonchev–Trinajstić information content (AvgIpc) is 3.02. The largest absolute Gasteiger partial charge is 0.409 e. The van der Waals surface area contributed by atoms with E-state index in [1.807, 2.05) is 22.2 Å². The molecule has 0 saturated carbocycles. The molecule has 3 N–H and O–H groups in total. The zero-order chi connectivity index (χ0) is 14.4. The zero-order valence-corrected chi connectivity index (χ0v) is 12.2. The van der Waals surface area contributed by atoms with Crippen molar-refractivity contribution in [2.75, 3.05) is 26.8 Å². The van der Waals surface area contributed by atoms with Crippen LogP contribution < -0.4 is 5.73 Å². The summed E-state index contributed by atoms with van der Waals surface area (Å²) in [7, 11) is 1.67. The lowest BCUT2D eigenvalue weighted by Crippen LogP contribution is -2.31. The molecule has 0 fully saturated rings. The Kier molecular flexibility index (Phi) is 5.33. The molecule has 7 nitrogen and oxygen atoms in total. The number of aromatic nitrogens is 2. The Morgan fingerprint density at radius 3 is 3.15 bits per heavy atom. The van der Waals surface area contributed by atoms with E-state index >= 15 is 0 Å². The minimum Gasteiger partial charge on any atom is -0.409 e. The Hall–Kier alpha value is -1.64. The van der Waals surface area contributed by atoms with Crippen LogP contribution in [0, 0.1) is 0 Å². The Labute approximate surface area is 121 Å². The fraction of sp³-hybridized carbons (Fsp3) is 0.500. The first-order valence-corrected chi connectivity index (χ1v) is 7.19. The smallest absolute Gasteiger partial charge is 0.193 e. The van der Waals surface area contributed by atoms with Crippen LogP contribution in [0.15, 0.2) is 22.9 Å². The summed E-state index contributed by atoms with van der Waals surface area (Å²) in [6.45, 7) is 2.83. The van der Waals surface area contributed by atoms with Crippen molar-refractivity contribution in [1.82, 2.24) is 14.3 Å². The highest BCUT2D eigenvalue weighted by Crippen LogP contribution is 2.13. The number of hydrogen-bond donors (Lipinski definition) is 2. The van der Waals surface area contributed by atoms with Gasteiger partial charge in [0.1, 0.15) is 5.84 Å². The van der Waals surface area contributed by atoms with Crippen LogP contribution in [0.1, 0.15) is 12.1 Å². The monoisotopic (exact) mass is 297 g/mol. The van der Waals surface area contributed by atoms with Crippen LogP contribution in [0.3, 0.4) is 0 Å². The van der Waals surface area contributed by atoms with Gasteiger partial charge >= 0.3 is 0 Å². The Bertz CT molecular complexity index is 536. The summed E-state index contributed by atoms with van der Waals surface area (Å²) in [6.07, 6.45) is 4.53. The molecule has 20 heavy (non-hydrogen) atoms. The fourth-order valence-corrected chi connectivity index (χ4v) is 2.61. The number of fused-ring (bicyclic) bond motifs is 1. The van der Waals surface area contributed by atoms with E-state index in [1.54, 1.807) is 18.4 Å². The van der Waals surface area contributed by atoms with E-state index in [2.05, 4.69) is 15.0 Å². The second-order valence-corrected chi connectivity index (χ2v) is 5.31. The predicted molar refractivity (Wildman–Crippen MR) is 78.2 cm³/mol. The van der Waals surface area contributed by atoms with Gasteiger partial charge in [0.05, 0.1) is 12.3 Å². The van der Waals surface area contributed by atoms with Gasteiger partial charge in [0.2, 0.25) is 0 Å². The third kappa shape index (κ3) is 3.92. The molecular formula is C12H19N5O2S. The van der Waals surface area contributed by atoms with Gasteiger partial charge in [-0.1, -0.05) is 5.16 Å². The first-order valence-electron chi connectivity index (χ1n) is 6.31. The predicted octanol–water partition coefficient (Wildman–Crippen LogP) is 0.981. The molecule has 2 heterocycles. The highest BCUT2D eigenvalue weighted by Gasteiger charge is 2.10. The van der Waals surface area contributed by atoms with Crippen molar-refractivity contribution in [1.29, 1.82) is 0 Å². The summed E-state index contributed by atoms with van der Waals surface area (Å²) in [5.74, 6) is 0.234. The maximum atomic E-state index is 8.59. The molecule has 0 aliphatic heterocycles. The second kappa shape index (κ2) is 7.22. The summed E-state index contributed by atoms with van der Waals surface area (Å²) < 4.78 is 7.12. The van der Waals surface area contributed by atoms with E-state index in [1.165, 1.54) is 0 Å². The molecular weight excluding hydrogens is 278 g/mol. The second-order valence-electron chi connectivity index (χ2n) is 4.44. The first-order chi connectivity index (χ1) is 9.72. The quantitative estimate of drug-likeness (QED) is 0.328. The van der Waals surface area contributed by atoms with Crippen molar-refractivity contribution in [3.05, 3.63) is 23.5 Å². The molecule has 0 saturated heterocycles. The molecule has 0 bridgehead atoms. The maximum absolute atomic E-state index is 8.59. The molecule has 0 aliphatic carbocycles.